The van der Waals surface area contributed by atoms with E-state index in [0.29, 0.717) is 10.9 Å². The molecule has 3 aliphatic rings. The Kier molecular flexibility index (Phi) is 4.29. The third-order valence-corrected chi connectivity index (χ3v) is 6.56. The molecular weight excluding hydrogens is 296 g/mol. The van der Waals surface area contributed by atoms with Gasteiger partial charge < -0.3 is 14.4 Å². The first-order chi connectivity index (χ1) is 10.8. The minimum atomic E-state index is 0.324. The molecule has 4 rings (SSSR count). The van der Waals surface area contributed by atoms with Crippen molar-refractivity contribution >= 4 is 11.8 Å². The Morgan fingerprint density at radius 3 is 2.95 bits per heavy atom. The van der Waals surface area contributed by atoms with Crippen molar-refractivity contribution in [3.05, 3.63) is 24.4 Å². The van der Waals surface area contributed by atoms with Crippen LogP contribution in [0.1, 0.15) is 19.3 Å². The molecule has 4 heterocycles. The van der Waals surface area contributed by atoms with E-state index < -0.39 is 0 Å². The number of likely N-dealkylation sites (tertiary alicyclic amines) is 1. The third kappa shape index (κ3) is 3.26. The van der Waals surface area contributed by atoms with Crippen LogP contribution in [0.4, 0.5) is 0 Å². The lowest BCUT2D eigenvalue weighted by Gasteiger charge is -2.49. The zero-order valence-corrected chi connectivity index (χ0v) is 13.8. The first kappa shape index (κ1) is 14.8. The van der Waals surface area contributed by atoms with E-state index in [9.17, 15) is 0 Å². The van der Waals surface area contributed by atoms with Gasteiger partial charge in [0.05, 0.1) is 0 Å². The highest BCUT2D eigenvalue weighted by Crippen LogP contribution is 2.46. The van der Waals surface area contributed by atoms with Crippen molar-refractivity contribution in [1.82, 2.24) is 9.88 Å². The standard InChI is InChI=1S/C17H24N2O2S/c1-2-6-18-16(3-1)21-15-9-17(22-11-15)12-19(13-17)10-14-4-7-20-8-5-14/h1-3,6,14-15H,4-5,7-13H2/t15-/m1/s1. The Labute approximate surface area is 136 Å². The van der Waals surface area contributed by atoms with Gasteiger partial charge in [0, 0.05) is 62.0 Å². The lowest BCUT2D eigenvalue weighted by Crippen LogP contribution is -2.60. The van der Waals surface area contributed by atoms with Gasteiger partial charge >= 0.3 is 0 Å². The zero-order valence-electron chi connectivity index (χ0n) is 12.9. The molecule has 0 saturated carbocycles. The highest BCUT2D eigenvalue weighted by molar-refractivity contribution is 8.01. The molecule has 4 nitrogen and oxygen atoms in total. The van der Waals surface area contributed by atoms with Gasteiger partial charge in [-0.25, -0.2) is 4.98 Å². The smallest absolute Gasteiger partial charge is 0.213 e. The highest BCUT2D eigenvalue weighted by atomic mass is 32.2. The van der Waals surface area contributed by atoms with Crippen LogP contribution in [0.2, 0.25) is 0 Å². The summed E-state index contributed by atoms with van der Waals surface area (Å²) in [6, 6.07) is 5.87. The summed E-state index contributed by atoms with van der Waals surface area (Å²) in [5.41, 5.74) is 0. The van der Waals surface area contributed by atoms with Crippen molar-refractivity contribution in [1.29, 1.82) is 0 Å². The van der Waals surface area contributed by atoms with Crippen LogP contribution in [0.5, 0.6) is 5.88 Å². The molecule has 5 heteroatoms. The molecule has 1 atom stereocenters. The normalized spacial score (nSPS) is 28.6. The molecule has 1 spiro atoms. The topological polar surface area (TPSA) is 34.6 Å². The van der Waals surface area contributed by atoms with Crippen molar-refractivity contribution in [2.24, 2.45) is 5.92 Å². The molecule has 0 N–H and O–H groups in total. The maximum atomic E-state index is 6.02. The number of hydrogen-bond acceptors (Lipinski definition) is 5. The van der Waals surface area contributed by atoms with Crippen molar-refractivity contribution in [3.8, 4) is 5.88 Å². The minimum Gasteiger partial charge on any atom is -0.473 e. The molecule has 0 unspecified atom stereocenters. The second-order valence-corrected chi connectivity index (χ2v) is 8.32. The minimum absolute atomic E-state index is 0.324. The van der Waals surface area contributed by atoms with Gasteiger partial charge in [-0.3, -0.25) is 0 Å². The fraction of sp³-hybridized carbons (Fsp3) is 0.706. The second kappa shape index (κ2) is 6.38. The summed E-state index contributed by atoms with van der Waals surface area (Å²) in [5.74, 6) is 2.71. The summed E-state index contributed by atoms with van der Waals surface area (Å²) >= 11 is 2.11. The van der Waals surface area contributed by atoms with Crippen molar-refractivity contribution in [2.75, 3.05) is 38.6 Å². The fourth-order valence-electron chi connectivity index (χ4n) is 3.88. The van der Waals surface area contributed by atoms with E-state index in [1.165, 1.54) is 38.9 Å². The molecule has 120 valence electrons. The third-order valence-electron chi connectivity index (χ3n) is 4.98. The number of aromatic nitrogens is 1. The van der Waals surface area contributed by atoms with E-state index in [2.05, 4.69) is 21.6 Å². The Balaban J connectivity index is 1.24. The van der Waals surface area contributed by atoms with Crippen LogP contribution in [-0.2, 0) is 4.74 Å². The molecule has 3 aliphatic heterocycles. The average Bonchev–Trinajstić information content (AvgIpc) is 2.93. The predicted octanol–water partition coefficient (Wildman–Crippen LogP) is 2.45. The van der Waals surface area contributed by atoms with Crippen molar-refractivity contribution < 1.29 is 9.47 Å². The van der Waals surface area contributed by atoms with E-state index in [-0.39, 0.29) is 0 Å². The Hall–Kier alpha value is -0.780. The molecule has 3 fully saturated rings. The van der Waals surface area contributed by atoms with Crippen molar-refractivity contribution in [2.45, 2.75) is 30.1 Å². The Morgan fingerprint density at radius 2 is 2.18 bits per heavy atom. The summed E-state index contributed by atoms with van der Waals surface area (Å²) in [5, 5.41) is 0. The maximum absolute atomic E-state index is 6.02. The van der Waals surface area contributed by atoms with Crippen LogP contribution in [0, 0.1) is 5.92 Å². The summed E-state index contributed by atoms with van der Waals surface area (Å²) in [6.45, 7) is 5.64. The molecule has 0 aliphatic carbocycles. The van der Waals surface area contributed by atoms with Crippen LogP contribution in [0.3, 0.4) is 0 Å². The Bertz CT molecular complexity index is 487. The number of hydrogen-bond donors (Lipinski definition) is 0. The van der Waals surface area contributed by atoms with Gasteiger partial charge in [0.15, 0.2) is 0 Å². The maximum Gasteiger partial charge on any atom is 0.213 e. The lowest BCUT2D eigenvalue weighted by molar-refractivity contribution is 0.0284. The predicted molar refractivity (Wildman–Crippen MR) is 88.4 cm³/mol. The monoisotopic (exact) mass is 320 g/mol. The van der Waals surface area contributed by atoms with Gasteiger partial charge in [-0.2, -0.15) is 0 Å². The van der Waals surface area contributed by atoms with E-state index in [1.54, 1.807) is 6.20 Å². The summed E-state index contributed by atoms with van der Waals surface area (Å²) in [7, 11) is 0. The van der Waals surface area contributed by atoms with Gasteiger partial charge in [0.1, 0.15) is 6.10 Å². The van der Waals surface area contributed by atoms with E-state index in [4.69, 9.17) is 9.47 Å². The van der Waals surface area contributed by atoms with Crippen LogP contribution < -0.4 is 4.74 Å². The molecule has 0 radical (unpaired) electrons. The first-order valence-electron chi connectivity index (χ1n) is 8.33. The number of rotatable bonds is 4. The number of thioether (sulfide) groups is 1. The van der Waals surface area contributed by atoms with E-state index in [1.807, 2.05) is 18.2 Å². The molecule has 0 bridgehead atoms. The van der Waals surface area contributed by atoms with Crippen LogP contribution in [0.25, 0.3) is 0 Å². The number of nitrogens with zero attached hydrogens (tertiary/aromatic N) is 2. The number of pyridine rings is 1. The van der Waals surface area contributed by atoms with Crippen molar-refractivity contribution in [3.63, 3.8) is 0 Å². The second-order valence-electron chi connectivity index (χ2n) is 6.83. The van der Waals surface area contributed by atoms with Crippen LogP contribution in [0.15, 0.2) is 24.4 Å². The van der Waals surface area contributed by atoms with Gasteiger partial charge in [-0.1, -0.05) is 6.07 Å². The van der Waals surface area contributed by atoms with Crippen LogP contribution >= 0.6 is 11.8 Å². The SMILES string of the molecule is c1ccc(O[C@H]2CSC3(C2)CN(CC2CCOCC2)C3)nc1. The van der Waals surface area contributed by atoms with Gasteiger partial charge in [-0.15, -0.1) is 11.8 Å². The molecule has 1 aromatic heterocycles. The van der Waals surface area contributed by atoms with Gasteiger partial charge in [-0.05, 0) is 24.8 Å². The highest BCUT2D eigenvalue weighted by Gasteiger charge is 2.49. The van der Waals surface area contributed by atoms with Crippen LogP contribution in [-0.4, -0.2) is 59.3 Å². The first-order valence-corrected chi connectivity index (χ1v) is 9.32. The molecule has 0 aromatic carbocycles. The Morgan fingerprint density at radius 1 is 1.32 bits per heavy atom. The molecule has 22 heavy (non-hydrogen) atoms. The molecule has 0 amide bonds. The van der Waals surface area contributed by atoms with E-state index in [0.717, 1.165) is 30.8 Å². The number of ether oxygens (including phenoxy) is 2. The summed E-state index contributed by atoms with van der Waals surface area (Å²) < 4.78 is 11.9. The van der Waals surface area contributed by atoms with E-state index >= 15 is 0 Å². The van der Waals surface area contributed by atoms with Gasteiger partial charge in [0.25, 0.3) is 0 Å². The molecular formula is C17H24N2O2S. The fourth-order valence-corrected chi connectivity index (χ4v) is 5.45. The lowest BCUT2D eigenvalue weighted by atomic mass is 9.90. The zero-order chi connectivity index (χ0) is 14.8. The molecule has 1 aromatic rings. The largest absolute Gasteiger partial charge is 0.473 e. The quantitative estimate of drug-likeness (QED) is 0.851. The van der Waals surface area contributed by atoms with Gasteiger partial charge in [0.2, 0.25) is 5.88 Å². The summed E-state index contributed by atoms with van der Waals surface area (Å²) in [6.07, 6.45) is 5.76. The average molecular weight is 320 g/mol. The molecule has 3 saturated heterocycles. The summed E-state index contributed by atoms with van der Waals surface area (Å²) in [4.78, 5) is 6.90.